The van der Waals surface area contributed by atoms with Crippen molar-refractivity contribution in [2.24, 2.45) is 17.8 Å². The summed E-state index contributed by atoms with van der Waals surface area (Å²) in [5.41, 5.74) is -0.606. The number of imide groups is 1. The molecule has 6 nitrogen and oxygen atoms in total. The molecule has 23 heavy (non-hydrogen) atoms. The first-order chi connectivity index (χ1) is 10.4. The van der Waals surface area contributed by atoms with Gasteiger partial charge >= 0.3 is 12.1 Å². The molecule has 1 aliphatic heterocycles. The van der Waals surface area contributed by atoms with Crippen LogP contribution >= 0.6 is 0 Å². The van der Waals surface area contributed by atoms with Crippen LogP contribution in [0.1, 0.15) is 54.9 Å². The summed E-state index contributed by atoms with van der Waals surface area (Å²) < 4.78 is 10.3. The van der Waals surface area contributed by atoms with Gasteiger partial charge in [-0.2, -0.15) is 0 Å². The lowest BCUT2D eigenvalue weighted by molar-refractivity contribution is -0.159. The molecule has 0 aromatic heterocycles. The zero-order valence-corrected chi connectivity index (χ0v) is 15.2. The summed E-state index contributed by atoms with van der Waals surface area (Å²) in [6, 6.07) is -0.310. The van der Waals surface area contributed by atoms with Crippen molar-refractivity contribution in [3.05, 3.63) is 0 Å². The van der Waals surface area contributed by atoms with E-state index in [2.05, 4.69) is 0 Å². The van der Waals surface area contributed by atoms with Gasteiger partial charge in [-0.25, -0.2) is 9.69 Å². The summed E-state index contributed by atoms with van der Waals surface area (Å²) in [6.07, 6.45) is -0.668. The summed E-state index contributed by atoms with van der Waals surface area (Å²) in [7, 11) is 0. The number of esters is 1. The van der Waals surface area contributed by atoms with E-state index in [9.17, 15) is 14.4 Å². The smallest absolute Gasteiger partial charge is 0.416 e. The maximum atomic E-state index is 12.8. The first kappa shape index (κ1) is 19.5. The number of hydrogen-bond acceptors (Lipinski definition) is 5. The van der Waals surface area contributed by atoms with Gasteiger partial charge in [0.15, 0.2) is 0 Å². The Hall–Kier alpha value is -1.59. The van der Waals surface area contributed by atoms with Crippen molar-refractivity contribution in [3.63, 3.8) is 0 Å². The third kappa shape index (κ3) is 5.22. The van der Waals surface area contributed by atoms with Gasteiger partial charge in [-0.1, -0.05) is 20.8 Å². The van der Waals surface area contributed by atoms with E-state index >= 15 is 0 Å². The monoisotopic (exact) mass is 327 g/mol. The van der Waals surface area contributed by atoms with Gasteiger partial charge in [0.25, 0.3) is 0 Å². The highest BCUT2D eigenvalue weighted by Gasteiger charge is 2.41. The van der Waals surface area contributed by atoms with E-state index in [1.807, 2.05) is 20.8 Å². The van der Waals surface area contributed by atoms with Crippen molar-refractivity contribution in [1.82, 2.24) is 4.90 Å². The highest BCUT2D eigenvalue weighted by atomic mass is 16.6. The van der Waals surface area contributed by atoms with Crippen molar-refractivity contribution in [2.45, 2.75) is 66.5 Å². The fraction of sp³-hybridized carbons (Fsp3) is 0.824. The Morgan fingerprint density at radius 1 is 1.30 bits per heavy atom. The fourth-order valence-corrected chi connectivity index (χ4v) is 2.53. The lowest BCUT2D eigenvalue weighted by Crippen LogP contribution is -2.45. The van der Waals surface area contributed by atoms with Gasteiger partial charge in [0.1, 0.15) is 12.2 Å². The van der Waals surface area contributed by atoms with Gasteiger partial charge in [-0.15, -0.1) is 0 Å². The normalized spacial score (nSPS) is 21.1. The largest absolute Gasteiger partial charge is 0.460 e. The fourth-order valence-electron chi connectivity index (χ4n) is 2.53. The first-order valence-corrected chi connectivity index (χ1v) is 8.15. The van der Waals surface area contributed by atoms with E-state index in [0.717, 1.165) is 4.90 Å². The summed E-state index contributed by atoms with van der Waals surface area (Å²) in [4.78, 5) is 37.9. The second-order valence-corrected chi connectivity index (χ2v) is 7.63. The Kier molecular flexibility index (Phi) is 6.19. The van der Waals surface area contributed by atoms with E-state index in [1.165, 1.54) is 0 Å². The lowest BCUT2D eigenvalue weighted by Gasteiger charge is -2.30. The van der Waals surface area contributed by atoms with Crippen LogP contribution in [0.3, 0.4) is 0 Å². The van der Waals surface area contributed by atoms with Crippen LogP contribution < -0.4 is 0 Å². The molecule has 132 valence electrons. The molecule has 2 amide bonds. The number of cyclic esters (lactones) is 1. The number of hydrogen-bond donors (Lipinski definition) is 0. The van der Waals surface area contributed by atoms with E-state index in [1.54, 1.807) is 27.7 Å². The van der Waals surface area contributed by atoms with Gasteiger partial charge in [-0.05, 0) is 39.5 Å². The van der Waals surface area contributed by atoms with Crippen molar-refractivity contribution in [1.29, 1.82) is 0 Å². The number of carbonyl (C=O) groups is 3. The molecule has 0 radical (unpaired) electrons. The third-order valence-electron chi connectivity index (χ3n) is 4.13. The number of ether oxygens (including phenoxy) is 2. The zero-order valence-electron chi connectivity index (χ0n) is 15.2. The molecule has 0 N–H and O–H groups in total. The van der Waals surface area contributed by atoms with Crippen LogP contribution in [0.25, 0.3) is 0 Å². The Labute approximate surface area is 138 Å². The number of carbonyl (C=O) groups excluding carboxylic acids is 3. The summed E-state index contributed by atoms with van der Waals surface area (Å²) in [5, 5.41) is 0. The van der Waals surface area contributed by atoms with Gasteiger partial charge < -0.3 is 9.47 Å². The van der Waals surface area contributed by atoms with Crippen molar-refractivity contribution >= 4 is 18.0 Å². The Morgan fingerprint density at radius 2 is 1.87 bits per heavy atom. The van der Waals surface area contributed by atoms with Crippen LogP contribution in [-0.2, 0) is 19.1 Å². The second kappa shape index (κ2) is 7.32. The van der Waals surface area contributed by atoms with Gasteiger partial charge in [0.2, 0.25) is 5.91 Å². The standard InChI is InChI=1S/C17H29NO5/c1-10(2)12(4)13(8-14(19)23-17(5,6)7)15(20)18-11(3)9-22-16(18)21/h10-13H,8-9H2,1-7H3/t11-,12+,13-/m1/s1. The molecule has 6 heteroatoms. The molecule has 1 rings (SSSR count). The summed E-state index contributed by atoms with van der Waals surface area (Å²) >= 11 is 0. The van der Waals surface area contributed by atoms with Crippen LogP contribution in [0.15, 0.2) is 0 Å². The van der Waals surface area contributed by atoms with E-state index in [4.69, 9.17) is 9.47 Å². The van der Waals surface area contributed by atoms with Crippen LogP contribution in [0.5, 0.6) is 0 Å². The van der Waals surface area contributed by atoms with E-state index < -0.39 is 23.6 Å². The average molecular weight is 327 g/mol. The van der Waals surface area contributed by atoms with Crippen LogP contribution in [0.2, 0.25) is 0 Å². The average Bonchev–Trinajstić information content (AvgIpc) is 2.71. The highest BCUT2D eigenvalue weighted by Crippen LogP contribution is 2.29. The molecule has 0 aliphatic carbocycles. The molecule has 0 saturated carbocycles. The first-order valence-electron chi connectivity index (χ1n) is 8.15. The molecule has 1 aliphatic rings. The third-order valence-corrected chi connectivity index (χ3v) is 4.13. The molecule has 0 aromatic rings. The molecule has 0 spiro atoms. The molecule has 1 saturated heterocycles. The maximum absolute atomic E-state index is 12.8. The van der Waals surface area contributed by atoms with Gasteiger partial charge in [0.05, 0.1) is 18.4 Å². The SMILES string of the molecule is CC(C)[C@H](C)[C@@H](CC(=O)OC(C)(C)C)C(=O)N1C(=O)OC[C@H]1C. The Balaban J connectivity index is 2.94. The molecule has 0 bridgehead atoms. The molecule has 1 heterocycles. The quantitative estimate of drug-likeness (QED) is 0.726. The minimum absolute atomic E-state index is 0.0358. The lowest BCUT2D eigenvalue weighted by atomic mass is 9.82. The Bertz CT molecular complexity index is 466. The predicted molar refractivity (Wildman–Crippen MR) is 85.6 cm³/mol. The summed E-state index contributed by atoms with van der Waals surface area (Å²) in [6.45, 7) is 13.2. The predicted octanol–water partition coefficient (Wildman–Crippen LogP) is 2.99. The molecule has 0 unspecified atom stereocenters. The van der Waals surface area contributed by atoms with Crippen LogP contribution in [0, 0.1) is 17.8 Å². The Morgan fingerprint density at radius 3 is 2.26 bits per heavy atom. The van der Waals surface area contributed by atoms with Crippen molar-refractivity contribution in [2.75, 3.05) is 6.61 Å². The molecular weight excluding hydrogens is 298 g/mol. The minimum atomic E-state index is -0.632. The molecular formula is C17H29NO5. The number of amides is 2. The zero-order chi connectivity index (χ0) is 17.9. The van der Waals surface area contributed by atoms with Crippen LogP contribution in [0.4, 0.5) is 4.79 Å². The van der Waals surface area contributed by atoms with E-state index in [-0.39, 0.29) is 36.8 Å². The second-order valence-electron chi connectivity index (χ2n) is 7.63. The van der Waals surface area contributed by atoms with Gasteiger partial charge in [0, 0.05) is 0 Å². The molecule has 3 atom stereocenters. The molecule has 0 aromatic carbocycles. The topological polar surface area (TPSA) is 72.9 Å². The maximum Gasteiger partial charge on any atom is 0.416 e. The molecule has 1 fully saturated rings. The highest BCUT2D eigenvalue weighted by molar-refractivity contribution is 5.96. The van der Waals surface area contributed by atoms with Crippen molar-refractivity contribution < 1.29 is 23.9 Å². The van der Waals surface area contributed by atoms with E-state index in [0.29, 0.717) is 0 Å². The minimum Gasteiger partial charge on any atom is -0.460 e. The number of nitrogens with zero attached hydrogens (tertiary/aromatic N) is 1. The summed E-state index contributed by atoms with van der Waals surface area (Å²) in [5.74, 6) is -1.25. The van der Waals surface area contributed by atoms with Gasteiger partial charge in [-0.3, -0.25) is 9.59 Å². The van der Waals surface area contributed by atoms with Crippen molar-refractivity contribution in [3.8, 4) is 0 Å². The van der Waals surface area contributed by atoms with Crippen LogP contribution in [-0.4, -0.2) is 41.1 Å². The number of rotatable bonds is 5.